The van der Waals surface area contributed by atoms with Gasteiger partial charge in [0.25, 0.3) is 0 Å². The molecule has 2 rings (SSSR count). The maximum Gasteiger partial charge on any atom is 0.408 e. The monoisotopic (exact) mass is 404 g/mol. The van der Waals surface area contributed by atoms with Gasteiger partial charge in [-0.1, -0.05) is 50.6 Å². The zero-order valence-electron chi connectivity index (χ0n) is 16.8. The van der Waals surface area contributed by atoms with Crippen LogP contribution in [0.2, 0.25) is 0 Å². The molecule has 2 unspecified atom stereocenters. The number of alkyl carbamates (subject to hydrolysis) is 1. The van der Waals surface area contributed by atoms with Crippen LogP contribution in [-0.4, -0.2) is 36.2 Å². The van der Waals surface area contributed by atoms with Crippen LogP contribution in [0.25, 0.3) is 0 Å². The van der Waals surface area contributed by atoms with Crippen LogP contribution in [-0.2, 0) is 30.6 Å². The zero-order valence-corrected chi connectivity index (χ0v) is 16.8. The van der Waals surface area contributed by atoms with Gasteiger partial charge in [-0.3, -0.25) is 19.2 Å². The van der Waals surface area contributed by atoms with Crippen LogP contribution in [0.15, 0.2) is 30.3 Å². The molecule has 158 valence electrons. The molecule has 1 saturated heterocycles. The maximum atomic E-state index is 12.8. The molecule has 2 atom stereocenters. The van der Waals surface area contributed by atoms with E-state index >= 15 is 0 Å². The summed E-state index contributed by atoms with van der Waals surface area (Å²) in [4.78, 5) is 54.0. The molecule has 0 saturated carbocycles. The summed E-state index contributed by atoms with van der Waals surface area (Å²) in [6.45, 7) is 4.01. The molecule has 8 nitrogen and oxygen atoms in total. The number of ether oxygens (including phenoxy) is 1. The van der Waals surface area contributed by atoms with Gasteiger partial charge in [-0.15, -0.1) is 0 Å². The second-order valence-electron chi connectivity index (χ2n) is 7.43. The van der Waals surface area contributed by atoms with E-state index in [1.807, 2.05) is 30.3 Å². The van der Waals surface area contributed by atoms with Gasteiger partial charge in [0, 0.05) is 12.3 Å². The number of ketones is 2. The third-order valence-corrected chi connectivity index (χ3v) is 4.76. The SMILES string of the molecule is CC(C)C(NC(=O)OCc1ccccc1)C(=O)CC1CCCCONC(=O)C1=O. The quantitative estimate of drug-likeness (QED) is 0.675. The normalized spacial score (nSPS) is 18.8. The number of amides is 2. The van der Waals surface area contributed by atoms with E-state index < -0.39 is 29.7 Å². The Kier molecular flexibility index (Phi) is 8.79. The van der Waals surface area contributed by atoms with Crippen molar-refractivity contribution in [2.24, 2.45) is 11.8 Å². The molecule has 1 aliphatic rings. The standard InChI is InChI=1S/C21H28N2O6/c1-14(2)18(22-21(27)28-13-15-8-4-3-5-9-15)17(24)12-16-10-6-7-11-29-23-20(26)19(16)25/h3-5,8-9,14,16,18H,6-7,10-13H2,1-2H3,(H,22,27)(H,23,26). The fraction of sp³-hybridized carbons (Fsp3) is 0.524. The van der Waals surface area contributed by atoms with E-state index in [4.69, 9.17) is 9.57 Å². The highest BCUT2D eigenvalue weighted by Crippen LogP contribution is 2.19. The van der Waals surface area contributed by atoms with Gasteiger partial charge in [0.1, 0.15) is 6.61 Å². The van der Waals surface area contributed by atoms with E-state index in [1.54, 1.807) is 13.8 Å². The van der Waals surface area contributed by atoms with Gasteiger partial charge in [-0.2, -0.15) is 0 Å². The minimum absolute atomic E-state index is 0.0902. The van der Waals surface area contributed by atoms with Crippen LogP contribution in [0.5, 0.6) is 0 Å². The van der Waals surface area contributed by atoms with Gasteiger partial charge in [0.05, 0.1) is 12.6 Å². The summed E-state index contributed by atoms with van der Waals surface area (Å²) in [5.41, 5.74) is 2.94. The lowest BCUT2D eigenvalue weighted by Crippen LogP contribution is -2.46. The second kappa shape index (κ2) is 11.3. The summed E-state index contributed by atoms with van der Waals surface area (Å²) in [6.07, 6.45) is 0.944. The molecule has 8 heteroatoms. The Morgan fingerprint density at radius 1 is 1.21 bits per heavy atom. The van der Waals surface area contributed by atoms with Gasteiger partial charge in [0.15, 0.2) is 5.78 Å². The number of carbonyl (C=O) groups is 4. The Bertz CT molecular complexity index is 719. The van der Waals surface area contributed by atoms with Crippen molar-refractivity contribution in [2.45, 2.75) is 52.2 Å². The van der Waals surface area contributed by atoms with Crippen molar-refractivity contribution in [1.29, 1.82) is 0 Å². The second-order valence-corrected chi connectivity index (χ2v) is 7.43. The van der Waals surface area contributed by atoms with Crippen molar-refractivity contribution in [3.05, 3.63) is 35.9 Å². The number of carbonyl (C=O) groups excluding carboxylic acids is 4. The van der Waals surface area contributed by atoms with Crippen LogP contribution in [0, 0.1) is 11.8 Å². The van der Waals surface area contributed by atoms with Crippen molar-refractivity contribution in [1.82, 2.24) is 10.8 Å². The summed E-state index contributed by atoms with van der Waals surface area (Å²) < 4.78 is 5.19. The third-order valence-electron chi connectivity index (χ3n) is 4.76. The lowest BCUT2D eigenvalue weighted by molar-refractivity contribution is -0.148. The molecule has 2 amide bonds. The number of rotatable bonds is 7. The van der Waals surface area contributed by atoms with Crippen LogP contribution in [0.4, 0.5) is 4.79 Å². The third kappa shape index (κ3) is 7.30. The number of hydrogen-bond acceptors (Lipinski definition) is 6. The van der Waals surface area contributed by atoms with Crippen LogP contribution in [0.1, 0.15) is 45.1 Å². The van der Waals surface area contributed by atoms with E-state index in [0.29, 0.717) is 25.9 Å². The molecule has 0 spiro atoms. The Morgan fingerprint density at radius 3 is 2.62 bits per heavy atom. The highest BCUT2D eigenvalue weighted by molar-refractivity contribution is 6.37. The Labute approximate surface area is 170 Å². The number of Topliss-reactive ketones (excluding diaryl/α,β-unsaturated/α-hetero) is 2. The Hall–Kier alpha value is -2.74. The first-order valence-corrected chi connectivity index (χ1v) is 9.84. The summed E-state index contributed by atoms with van der Waals surface area (Å²) in [5.74, 6) is -2.75. The smallest absolute Gasteiger partial charge is 0.408 e. The zero-order chi connectivity index (χ0) is 21.2. The fourth-order valence-electron chi connectivity index (χ4n) is 3.12. The number of nitrogens with one attached hydrogen (secondary N) is 2. The molecular weight excluding hydrogens is 376 g/mol. The molecule has 1 aliphatic heterocycles. The molecule has 0 bridgehead atoms. The van der Waals surface area contributed by atoms with E-state index in [0.717, 1.165) is 5.56 Å². The van der Waals surface area contributed by atoms with Gasteiger partial charge in [-0.05, 0) is 24.3 Å². The van der Waals surface area contributed by atoms with E-state index in [9.17, 15) is 19.2 Å². The van der Waals surface area contributed by atoms with E-state index in [1.165, 1.54) is 0 Å². The van der Waals surface area contributed by atoms with Gasteiger partial charge < -0.3 is 10.1 Å². The molecule has 1 aromatic carbocycles. The molecule has 0 aromatic heterocycles. The highest BCUT2D eigenvalue weighted by Gasteiger charge is 2.32. The average molecular weight is 404 g/mol. The van der Waals surface area contributed by atoms with Gasteiger partial charge in [0.2, 0.25) is 5.78 Å². The Balaban J connectivity index is 1.95. The molecule has 1 aromatic rings. The summed E-state index contributed by atoms with van der Waals surface area (Å²) in [6, 6.07) is 8.39. The van der Waals surface area contributed by atoms with E-state index in [-0.39, 0.29) is 24.7 Å². The van der Waals surface area contributed by atoms with Crippen molar-refractivity contribution in [3.63, 3.8) is 0 Å². The first-order chi connectivity index (χ1) is 13.9. The first kappa shape index (κ1) is 22.5. The topological polar surface area (TPSA) is 111 Å². The molecular formula is C21H28N2O6. The lowest BCUT2D eigenvalue weighted by atomic mass is 9.87. The summed E-state index contributed by atoms with van der Waals surface area (Å²) in [7, 11) is 0. The number of hydrogen-bond donors (Lipinski definition) is 2. The molecule has 1 heterocycles. The molecule has 0 radical (unpaired) electrons. The number of hydroxylamine groups is 1. The average Bonchev–Trinajstić information content (AvgIpc) is 2.78. The largest absolute Gasteiger partial charge is 0.445 e. The van der Waals surface area contributed by atoms with Crippen LogP contribution in [0.3, 0.4) is 0 Å². The van der Waals surface area contributed by atoms with Gasteiger partial charge >= 0.3 is 12.0 Å². The number of benzene rings is 1. The minimum atomic E-state index is -0.846. The van der Waals surface area contributed by atoms with Gasteiger partial charge in [-0.25, -0.2) is 10.3 Å². The predicted octanol–water partition coefficient (Wildman–Crippen LogP) is 2.31. The summed E-state index contributed by atoms with van der Waals surface area (Å²) in [5, 5.41) is 2.60. The van der Waals surface area contributed by atoms with Crippen molar-refractivity contribution in [2.75, 3.05) is 6.61 Å². The first-order valence-electron chi connectivity index (χ1n) is 9.84. The Morgan fingerprint density at radius 2 is 1.93 bits per heavy atom. The highest BCUT2D eigenvalue weighted by atomic mass is 16.7. The van der Waals surface area contributed by atoms with Crippen molar-refractivity contribution in [3.8, 4) is 0 Å². The maximum absolute atomic E-state index is 12.8. The molecule has 29 heavy (non-hydrogen) atoms. The lowest BCUT2D eigenvalue weighted by Gasteiger charge is -2.23. The van der Waals surface area contributed by atoms with Crippen molar-refractivity contribution >= 4 is 23.6 Å². The molecule has 1 fully saturated rings. The predicted molar refractivity (Wildman–Crippen MR) is 104 cm³/mol. The fourth-order valence-corrected chi connectivity index (χ4v) is 3.12. The van der Waals surface area contributed by atoms with E-state index in [2.05, 4.69) is 10.8 Å². The molecule has 2 N–H and O–H groups in total. The van der Waals surface area contributed by atoms with Crippen LogP contribution >= 0.6 is 0 Å². The molecule has 0 aliphatic carbocycles. The van der Waals surface area contributed by atoms with Crippen LogP contribution < -0.4 is 10.8 Å². The summed E-state index contributed by atoms with van der Waals surface area (Å²) >= 11 is 0. The minimum Gasteiger partial charge on any atom is -0.445 e. The van der Waals surface area contributed by atoms with Crippen molar-refractivity contribution < 1.29 is 28.8 Å².